The lowest BCUT2D eigenvalue weighted by molar-refractivity contribution is -0.143. The highest BCUT2D eigenvalue weighted by Gasteiger charge is 2.31. The highest BCUT2D eigenvalue weighted by molar-refractivity contribution is 5.95. The van der Waals surface area contributed by atoms with Crippen LogP contribution in [0.15, 0.2) is 30.3 Å². The van der Waals surface area contributed by atoms with E-state index in [0.717, 1.165) is 0 Å². The molecule has 0 fully saturated rings. The second kappa shape index (κ2) is 15.6. The lowest BCUT2D eigenvalue weighted by Crippen LogP contribution is -2.58. The van der Waals surface area contributed by atoms with E-state index in [1.165, 1.54) is 0 Å². The van der Waals surface area contributed by atoms with Crippen LogP contribution >= 0.6 is 0 Å². The Morgan fingerprint density at radius 3 is 1.79 bits per heavy atom. The van der Waals surface area contributed by atoms with Crippen LogP contribution in [0, 0.1) is 0 Å². The second-order valence-corrected chi connectivity index (χ2v) is 8.43. The third kappa shape index (κ3) is 11.9. The van der Waals surface area contributed by atoms with E-state index in [9.17, 15) is 38.7 Å². The first-order valence-corrected chi connectivity index (χ1v) is 11.5. The molecule has 1 aromatic rings. The molecule has 11 N–H and O–H groups in total. The monoisotopic (exact) mass is 536 g/mol. The number of hydrogen-bond donors (Lipinski definition) is 8. The van der Waals surface area contributed by atoms with Crippen molar-refractivity contribution in [2.24, 2.45) is 17.2 Å². The lowest BCUT2D eigenvalue weighted by Gasteiger charge is -2.25. The molecule has 0 radical (unpaired) electrons. The van der Waals surface area contributed by atoms with Crippen LogP contribution in [-0.4, -0.2) is 75.9 Å². The van der Waals surface area contributed by atoms with E-state index >= 15 is 0 Å². The van der Waals surface area contributed by atoms with E-state index in [4.69, 9.17) is 22.3 Å². The number of carbonyl (C=O) groups is 7. The molecule has 0 bridgehead atoms. The molecule has 0 aliphatic rings. The van der Waals surface area contributed by atoms with Crippen LogP contribution in [0.4, 0.5) is 0 Å². The molecule has 0 aliphatic heterocycles. The van der Waals surface area contributed by atoms with Crippen molar-refractivity contribution in [1.29, 1.82) is 0 Å². The zero-order valence-corrected chi connectivity index (χ0v) is 20.4. The van der Waals surface area contributed by atoms with Crippen molar-refractivity contribution in [3.63, 3.8) is 0 Å². The second-order valence-electron chi connectivity index (χ2n) is 8.43. The van der Waals surface area contributed by atoms with Gasteiger partial charge in [0.05, 0.1) is 12.5 Å². The predicted octanol–water partition coefficient (Wildman–Crippen LogP) is -2.90. The molecule has 0 aliphatic carbocycles. The highest BCUT2D eigenvalue weighted by atomic mass is 16.4. The van der Waals surface area contributed by atoms with Gasteiger partial charge in [0.1, 0.15) is 18.1 Å². The number of aliphatic carboxylic acids is 2. The third-order valence-electron chi connectivity index (χ3n) is 5.25. The van der Waals surface area contributed by atoms with Gasteiger partial charge in [-0.1, -0.05) is 30.3 Å². The van der Waals surface area contributed by atoms with E-state index in [0.29, 0.717) is 5.56 Å². The molecule has 0 saturated carbocycles. The van der Waals surface area contributed by atoms with E-state index in [1.54, 1.807) is 30.3 Å². The minimum Gasteiger partial charge on any atom is -0.481 e. The fraction of sp³-hybridized carbons (Fsp3) is 0.435. The lowest BCUT2D eigenvalue weighted by atomic mass is 10.0. The fourth-order valence-corrected chi connectivity index (χ4v) is 3.25. The fourth-order valence-electron chi connectivity index (χ4n) is 3.25. The molecule has 0 heterocycles. The minimum absolute atomic E-state index is 0.112. The maximum absolute atomic E-state index is 13.1. The summed E-state index contributed by atoms with van der Waals surface area (Å²) in [6.45, 7) is 0. The summed E-state index contributed by atoms with van der Waals surface area (Å²) < 4.78 is 0. The van der Waals surface area contributed by atoms with Gasteiger partial charge in [-0.05, 0) is 18.4 Å². The quantitative estimate of drug-likeness (QED) is 0.100. The summed E-state index contributed by atoms with van der Waals surface area (Å²) in [4.78, 5) is 83.2. The molecule has 208 valence electrons. The molecule has 0 saturated heterocycles. The van der Waals surface area contributed by atoms with Crippen molar-refractivity contribution < 1.29 is 43.8 Å². The Bertz CT molecular complexity index is 1030. The Balaban J connectivity index is 3.13. The zero-order valence-electron chi connectivity index (χ0n) is 20.4. The minimum atomic E-state index is -1.67. The van der Waals surface area contributed by atoms with Gasteiger partial charge in [-0.25, -0.2) is 4.79 Å². The number of nitrogens with one attached hydrogen (secondary N) is 3. The van der Waals surface area contributed by atoms with Crippen LogP contribution in [0.3, 0.4) is 0 Å². The molecule has 38 heavy (non-hydrogen) atoms. The maximum Gasteiger partial charge on any atom is 0.326 e. The summed E-state index contributed by atoms with van der Waals surface area (Å²) in [5.41, 5.74) is 16.4. The Kier molecular flexibility index (Phi) is 12.9. The van der Waals surface area contributed by atoms with Crippen LogP contribution in [0.1, 0.15) is 37.7 Å². The summed E-state index contributed by atoms with van der Waals surface area (Å²) in [6, 6.07) is 2.63. The molecule has 4 atom stereocenters. The third-order valence-corrected chi connectivity index (χ3v) is 5.25. The highest BCUT2D eigenvalue weighted by Crippen LogP contribution is 2.07. The molecule has 5 amide bonds. The number of benzene rings is 1. The van der Waals surface area contributed by atoms with Gasteiger partial charge in [0.25, 0.3) is 0 Å². The van der Waals surface area contributed by atoms with Gasteiger partial charge in [0.2, 0.25) is 29.5 Å². The zero-order chi connectivity index (χ0) is 28.8. The van der Waals surface area contributed by atoms with E-state index < -0.39 is 78.5 Å². The molecule has 15 heteroatoms. The van der Waals surface area contributed by atoms with Crippen molar-refractivity contribution in [2.75, 3.05) is 0 Å². The largest absolute Gasteiger partial charge is 0.481 e. The van der Waals surface area contributed by atoms with Gasteiger partial charge in [0.15, 0.2) is 0 Å². The van der Waals surface area contributed by atoms with Gasteiger partial charge in [-0.15, -0.1) is 0 Å². The number of carboxylic acids is 2. The number of primary amides is 2. The Labute approximate surface area is 217 Å². The molecular formula is C23H32N6O9. The number of hydrogen-bond acceptors (Lipinski definition) is 8. The van der Waals surface area contributed by atoms with Gasteiger partial charge in [-0.2, -0.15) is 0 Å². The number of nitrogens with two attached hydrogens (primary N) is 3. The Morgan fingerprint density at radius 1 is 0.711 bits per heavy atom. The Hall–Kier alpha value is -4.53. The van der Waals surface area contributed by atoms with E-state index in [2.05, 4.69) is 16.0 Å². The number of carbonyl (C=O) groups excluding carboxylic acids is 5. The first-order valence-electron chi connectivity index (χ1n) is 11.5. The maximum atomic E-state index is 13.1. The van der Waals surface area contributed by atoms with E-state index in [1.807, 2.05) is 0 Å². The van der Waals surface area contributed by atoms with Crippen molar-refractivity contribution in [1.82, 2.24) is 16.0 Å². The van der Waals surface area contributed by atoms with Crippen LogP contribution in [0.2, 0.25) is 0 Å². The standard InChI is InChI=1S/C23H32N6O9/c24-13(6-8-17(25)30)20(34)27-14(7-9-19(32)33)21(35)28-15(10-12-4-2-1-3-5-12)22(36)29-16(23(37)38)11-18(26)31/h1-5,13-16H,6-11,24H2,(H2,25,30)(H2,26,31)(H,27,34)(H,28,35)(H,29,36)(H,32,33)(H,37,38). The van der Waals surface area contributed by atoms with Gasteiger partial charge in [0, 0.05) is 19.3 Å². The van der Waals surface area contributed by atoms with Gasteiger partial charge < -0.3 is 43.4 Å². The summed E-state index contributed by atoms with van der Waals surface area (Å²) in [7, 11) is 0. The summed E-state index contributed by atoms with van der Waals surface area (Å²) in [5, 5.41) is 25.2. The molecule has 1 rings (SSSR count). The average Bonchev–Trinajstić information content (AvgIpc) is 2.83. The normalized spacial score (nSPS) is 13.7. The topological polar surface area (TPSA) is 274 Å². The van der Waals surface area contributed by atoms with Crippen molar-refractivity contribution in [3.05, 3.63) is 35.9 Å². The molecule has 0 spiro atoms. The molecular weight excluding hydrogens is 504 g/mol. The van der Waals surface area contributed by atoms with Crippen LogP contribution in [0.25, 0.3) is 0 Å². The SMILES string of the molecule is NC(=O)CCC(N)C(=O)NC(CCC(=O)O)C(=O)NC(Cc1ccccc1)C(=O)NC(CC(N)=O)C(=O)O. The molecule has 15 nitrogen and oxygen atoms in total. The van der Waals surface area contributed by atoms with Crippen LogP contribution < -0.4 is 33.2 Å². The average molecular weight is 537 g/mol. The number of rotatable bonds is 17. The molecule has 4 unspecified atom stereocenters. The van der Waals surface area contributed by atoms with E-state index in [-0.39, 0.29) is 25.7 Å². The summed E-state index contributed by atoms with van der Waals surface area (Å²) in [5.74, 6) is -7.22. The molecule has 1 aromatic carbocycles. The van der Waals surface area contributed by atoms with Crippen molar-refractivity contribution >= 4 is 41.5 Å². The van der Waals surface area contributed by atoms with Crippen molar-refractivity contribution in [2.45, 2.75) is 62.7 Å². The predicted molar refractivity (Wildman–Crippen MR) is 131 cm³/mol. The van der Waals surface area contributed by atoms with Gasteiger partial charge >= 0.3 is 11.9 Å². The number of carboxylic acid groups (broad SMARTS) is 2. The van der Waals surface area contributed by atoms with Crippen molar-refractivity contribution in [3.8, 4) is 0 Å². The smallest absolute Gasteiger partial charge is 0.326 e. The first kappa shape index (κ1) is 31.5. The van der Waals surface area contributed by atoms with Gasteiger partial charge in [-0.3, -0.25) is 28.8 Å². The molecule has 0 aromatic heterocycles. The summed E-state index contributed by atoms with van der Waals surface area (Å²) >= 11 is 0. The first-order chi connectivity index (χ1) is 17.8. The van der Waals surface area contributed by atoms with Crippen LogP contribution in [0.5, 0.6) is 0 Å². The number of amides is 5. The Morgan fingerprint density at radius 2 is 1.26 bits per heavy atom. The summed E-state index contributed by atoms with van der Waals surface area (Å²) in [6.07, 6.45) is -2.02. The van der Waals surface area contributed by atoms with Crippen LogP contribution in [-0.2, 0) is 40.0 Å².